The maximum Gasteiger partial charge on any atom is 0.210 e. The van der Waals surface area contributed by atoms with Crippen LogP contribution in [0.4, 0.5) is 4.39 Å². The van der Waals surface area contributed by atoms with Crippen LogP contribution >= 0.6 is 0 Å². The molecule has 0 unspecified atom stereocenters. The molecule has 0 spiro atoms. The summed E-state index contributed by atoms with van der Waals surface area (Å²) in [5, 5.41) is 13.3. The Balaban J connectivity index is 0.00000120. The highest BCUT2D eigenvalue weighted by molar-refractivity contribution is 5.82. The molecule has 0 atom stereocenters. The highest BCUT2D eigenvalue weighted by Gasteiger charge is 2.11. The van der Waals surface area contributed by atoms with E-state index in [1.165, 1.54) is 24.4 Å². The fourth-order valence-electron chi connectivity index (χ4n) is 1.63. The molecule has 0 saturated carbocycles. The van der Waals surface area contributed by atoms with Crippen LogP contribution in [-0.2, 0) is 0 Å². The number of fused-ring (bicyclic) bond motifs is 1. The van der Waals surface area contributed by atoms with Gasteiger partial charge >= 0.3 is 0 Å². The summed E-state index contributed by atoms with van der Waals surface area (Å²) in [5.74, 6) is -0.286. The van der Waals surface area contributed by atoms with Crippen molar-refractivity contribution in [1.82, 2.24) is 25.6 Å². The number of hydrogen-bond donors (Lipinski definition) is 2. The van der Waals surface area contributed by atoms with E-state index in [0.717, 1.165) is 0 Å². The zero-order valence-electron chi connectivity index (χ0n) is 8.94. The van der Waals surface area contributed by atoms with Gasteiger partial charge in [0.15, 0.2) is 0 Å². The predicted octanol–water partition coefficient (Wildman–Crippen LogP) is 0.0226. The number of halogens is 1. The van der Waals surface area contributed by atoms with Crippen molar-refractivity contribution in [2.45, 2.75) is 0 Å². The Hall–Kier alpha value is -2.61. The van der Waals surface area contributed by atoms with Gasteiger partial charge in [-0.1, -0.05) is 0 Å². The molecule has 0 amide bonds. The fraction of sp³-hybridized carbons (Fsp3) is 0. The Morgan fingerprint density at radius 3 is 2.83 bits per heavy atom. The van der Waals surface area contributed by atoms with Gasteiger partial charge in [-0.15, -0.1) is 10.2 Å². The van der Waals surface area contributed by atoms with Crippen molar-refractivity contribution in [2.75, 3.05) is 0 Å². The molecule has 3 aromatic rings. The van der Waals surface area contributed by atoms with E-state index in [1.807, 2.05) is 0 Å². The maximum atomic E-state index is 13.1. The molecule has 0 bridgehead atoms. The third kappa shape index (κ3) is 1.74. The first-order valence-corrected chi connectivity index (χ1v) is 4.80. The van der Waals surface area contributed by atoms with E-state index in [9.17, 15) is 9.18 Å². The summed E-state index contributed by atoms with van der Waals surface area (Å²) in [7, 11) is 0. The van der Waals surface area contributed by atoms with Crippen LogP contribution in [0.15, 0.2) is 29.2 Å². The molecule has 0 saturated heterocycles. The highest BCUT2D eigenvalue weighted by atomic mass is 19.1. The Morgan fingerprint density at radius 2 is 2.11 bits per heavy atom. The molecule has 0 aliphatic rings. The second kappa shape index (κ2) is 4.34. The van der Waals surface area contributed by atoms with E-state index in [4.69, 9.17) is 0 Å². The van der Waals surface area contributed by atoms with Crippen LogP contribution < -0.4 is 5.43 Å². The molecule has 1 aromatic carbocycles. The number of H-pyrrole nitrogens is 2. The summed E-state index contributed by atoms with van der Waals surface area (Å²) in [6, 6.07) is 3.97. The van der Waals surface area contributed by atoms with Crippen LogP contribution in [0.1, 0.15) is 0 Å². The zero-order valence-corrected chi connectivity index (χ0v) is 8.94. The molecule has 92 valence electrons. The minimum absolute atomic E-state index is 0. The first-order chi connectivity index (χ1) is 8.25. The lowest BCUT2D eigenvalue weighted by Gasteiger charge is -1.99. The van der Waals surface area contributed by atoms with Gasteiger partial charge in [-0.2, -0.15) is 5.21 Å². The van der Waals surface area contributed by atoms with Gasteiger partial charge in [-0.3, -0.25) is 4.79 Å². The van der Waals surface area contributed by atoms with Crippen LogP contribution in [0.25, 0.3) is 22.3 Å². The number of tetrazole rings is 1. The number of hydrogen-bond acceptors (Lipinski definition) is 4. The van der Waals surface area contributed by atoms with Gasteiger partial charge < -0.3 is 10.5 Å². The zero-order chi connectivity index (χ0) is 11.8. The van der Waals surface area contributed by atoms with E-state index in [-0.39, 0.29) is 27.7 Å². The van der Waals surface area contributed by atoms with E-state index in [2.05, 4.69) is 25.6 Å². The molecule has 0 radical (unpaired) electrons. The van der Waals surface area contributed by atoms with Crippen LogP contribution in [0.3, 0.4) is 0 Å². The van der Waals surface area contributed by atoms with Crippen molar-refractivity contribution in [2.24, 2.45) is 0 Å². The monoisotopic (exact) mass is 249 g/mol. The summed E-state index contributed by atoms with van der Waals surface area (Å²) in [6.07, 6.45) is 1.48. The Labute approximate surface area is 99.0 Å². The maximum absolute atomic E-state index is 13.1. The largest absolute Gasteiger partial charge is 0.412 e. The molecule has 0 fully saturated rings. The number of nitrogens with zero attached hydrogens (tertiary/aromatic N) is 3. The minimum atomic E-state index is -0.465. The summed E-state index contributed by atoms with van der Waals surface area (Å²) < 4.78 is 13.1. The quantitative estimate of drug-likeness (QED) is 0.631. The van der Waals surface area contributed by atoms with Crippen molar-refractivity contribution in [3.8, 4) is 11.4 Å². The molecule has 2 aromatic heterocycles. The summed E-state index contributed by atoms with van der Waals surface area (Å²) in [5.41, 5.74) is 0.472. The lowest BCUT2D eigenvalue weighted by atomic mass is 10.1. The van der Waals surface area contributed by atoms with Gasteiger partial charge in [0.05, 0.1) is 5.56 Å². The van der Waals surface area contributed by atoms with E-state index in [0.29, 0.717) is 5.52 Å². The molecule has 0 aliphatic carbocycles. The van der Waals surface area contributed by atoms with Gasteiger partial charge in [0.1, 0.15) is 5.82 Å². The third-order valence-electron chi connectivity index (χ3n) is 2.43. The Kier molecular flexibility index (Phi) is 2.86. The second-order valence-corrected chi connectivity index (χ2v) is 3.46. The normalized spacial score (nSPS) is 10.3. The smallest absolute Gasteiger partial charge is 0.210 e. The van der Waals surface area contributed by atoms with Crippen LogP contribution in [0.5, 0.6) is 0 Å². The van der Waals surface area contributed by atoms with Crippen molar-refractivity contribution in [1.29, 1.82) is 0 Å². The van der Waals surface area contributed by atoms with Gasteiger partial charge in [0, 0.05) is 17.1 Å². The Morgan fingerprint density at radius 1 is 1.28 bits per heavy atom. The highest BCUT2D eigenvalue weighted by Crippen LogP contribution is 2.13. The lowest BCUT2D eigenvalue weighted by Crippen LogP contribution is -2.07. The molecule has 0 aliphatic heterocycles. The number of rotatable bonds is 1. The van der Waals surface area contributed by atoms with E-state index in [1.54, 1.807) is 0 Å². The number of aromatic nitrogens is 5. The average Bonchev–Trinajstić information content (AvgIpc) is 2.84. The summed E-state index contributed by atoms with van der Waals surface area (Å²) in [4.78, 5) is 15.0. The van der Waals surface area contributed by atoms with Crippen LogP contribution in [-0.4, -0.2) is 31.1 Å². The first kappa shape index (κ1) is 11.9. The second-order valence-electron chi connectivity index (χ2n) is 3.46. The SMILES string of the molecule is O.O=c1c(-c2nn[nH]n2)c[nH]c2ccc(F)cc12. The third-order valence-corrected chi connectivity index (χ3v) is 2.43. The topological polar surface area (TPSA) is 119 Å². The number of pyridine rings is 1. The molecule has 18 heavy (non-hydrogen) atoms. The number of nitrogens with one attached hydrogen (secondary N) is 2. The van der Waals surface area contributed by atoms with Crippen LogP contribution in [0.2, 0.25) is 0 Å². The predicted molar refractivity (Wildman–Crippen MR) is 61.3 cm³/mol. The van der Waals surface area contributed by atoms with Crippen molar-refractivity contribution >= 4 is 10.9 Å². The number of aromatic amines is 2. The van der Waals surface area contributed by atoms with Gasteiger partial charge in [0.25, 0.3) is 0 Å². The van der Waals surface area contributed by atoms with Crippen molar-refractivity contribution in [3.63, 3.8) is 0 Å². The Bertz CT molecular complexity index is 738. The molecule has 3 rings (SSSR count). The standard InChI is InChI=1S/C10H6FN5O.H2O/c11-5-1-2-8-6(3-5)9(17)7(4-12-8)10-13-15-16-14-10;/h1-4H,(H,12,17)(H,13,14,15,16);1H2. The first-order valence-electron chi connectivity index (χ1n) is 4.80. The van der Waals surface area contributed by atoms with Gasteiger partial charge in [-0.05, 0) is 23.4 Å². The summed E-state index contributed by atoms with van der Waals surface area (Å²) in [6.45, 7) is 0. The molecular formula is C10H8FN5O2. The van der Waals surface area contributed by atoms with Gasteiger partial charge in [0.2, 0.25) is 11.3 Å². The molecular weight excluding hydrogens is 241 g/mol. The fourth-order valence-corrected chi connectivity index (χ4v) is 1.63. The van der Waals surface area contributed by atoms with Crippen LogP contribution in [0, 0.1) is 5.82 Å². The molecule has 2 heterocycles. The van der Waals surface area contributed by atoms with Gasteiger partial charge in [-0.25, -0.2) is 4.39 Å². The average molecular weight is 249 g/mol. The van der Waals surface area contributed by atoms with Crippen molar-refractivity contribution < 1.29 is 9.87 Å². The molecule has 7 nitrogen and oxygen atoms in total. The van der Waals surface area contributed by atoms with E-state index >= 15 is 0 Å². The number of benzene rings is 1. The van der Waals surface area contributed by atoms with Crippen molar-refractivity contribution in [3.05, 3.63) is 40.4 Å². The minimum Gasteiger partial charge on any atom is -0.412 e. The molecule has 4 N–H and O–H groups in total. The molecule has 8 heteroatoms. The lowest BCUT2D eigenvalue weighted by molar-refractivity contribution is 0.629. The van der Waals surface area contributed by atoms with E-state index < -0.39 is 5.82 Å². The summed E-state index contributed by atoms with van der Waals surface area (Å²) >= 11 is 0.